The highest BCUT2D eigenvalue weighted by molar-refractivity contribution is 5.94. The topological polar surface area (TPSA) is 52.6 Å². The fourth-order valence-electron chi connectivity index (χ4n) is 2.62. The van der Waals surface area contributed by atoms with Gasteiger partial charge in [-0.1, -0.05) is 0 Å². The van der Waals surface area contributed by atoms with Gasteiger partial charge in [-0.2, -0.15) is 0 Å². The van der Waals surface area contributed by atoms with Crippen LogP contribution in [0.1, 0.15) is 30.6 Å². The van der Waals surface area contributed by atoms with E-state index in [-0.39, 0.29) is 5.91 Å². The van der Waals surface area contributed by atoms with Gasteiger partial charge >= 0.3 is 0 Å². The summed E-state index contributed by atoms with van der Waals surface area (Å²) in [7, 11) is 0. The molecule has 21 heavy (non-hydrogen) atoms. The number of rotatable bonds is 4. The first-order valence-electron chi connectivity index (χ1n) is 7.45. The third kappa shape index (κ3) is 4.04. The van der Waals surface area contributed by atoms with Crippen molar-refractivity contribution < 1.29 is 9.59 Å². The molecule has 0 unspecified atom stereocenters. The van der Waals surface area contributed by atoms with E-state index < -0.39 is 0 Å². The van der Waals surface area contributed by atoms with E-state index in [9.17, 15) is 9.59 Å². The summed E-state index contributed by atoms with van der Waals surface area (Å²) >= 11 is 0. The SMILES string of the molecule is CC(C)N1CCCN(C(=O)c2ccc(NC=O)cc2)CC1. The van der Waals surface area contributed by atoms with Gasteiger partial charge in [-0.25, -0.2) is 0 Å². The average molecular weight is 289 g/mol. The maximum atomic E-state index is 12.5. The molecule has 1 aromatic carbocycles. The molecular weight excluding hydrogens is 266 g/mol. The molecule has 1 saturated heterocycles. The number of benzene rings is 1. The Kier molecular flexibility index (Phi) is 5.33. The molecule has 1 aliphatic heterocycles. The van der Waals surface area contributed by atoms with Gasteiger partial charge in [0.05, 0.1) is 0 Å². The number of carbonyl (C=O) groups excluding carboxylic acids is 2. The van der Waals surface area contributed by atoms with Crippen LogP contribution < -0.4 is 5.32 Å². The summed E-state index contributed by atoms with van der Waals surface area (Å²) < 4.78 is 0. The van der Waals surface area contributed by atoms with Gasteiger partial charge in [-0.05, 0) is 44.5 Å². The van der Waals surface area contributed by atoms with Crippen LogP contribution >= 0.6 is 0 Å². The Morgan fingerprint density at radius 3 is 2.48 bits per heavy atom. The van der Waals surface area contributed by atoms with Gasteiger partial charge < -0.3 is 10.2 Å². The van der Waals surface area contributed by atoms with Gasteiger partial charge in [-0.3, -0.25) is 14.5 Å². The van der Waals surface area contributed by atoms with Crippen molar-refractivity contribution in [1.29, 1.82) is 0 Å². The van der Waals surface area contributed by atoms with Crippen molar-refractivity contribution in [3.63, 3.8) is 0 Å². The Labute approximate surface area is 125 Å². The molecule has 5 heteroatoms. The van der Waals surface area contributed by atoms with Crippen molar-refractivity contribution in [3.8, 4) is 0 Å². The Bertz CT molecular complexity index is 485. The van der Waals surface area contributed by atoms with E-state index in [1.54, 1.807) is 24.3 Å². The summed E-state index contributed by atoms with van der Waals surface area (Å²) in [5.41, 5.74) is 1.37. The van der Waals surface area contributed by atoms with Crippen LogP contribution in [-0.4, -0.2) is 54.3 Å². The lowest BCUT2D eigenvalue weighted by molar-refractivity contribution is -0.105. The summed E-state index contributed by atoms with van der Waals surface area (Å²) in [5.74, 6) is 0.0678. The first-order valence-corrected chi connectivity index (χ1v) is 7.45. The average Bonchev–Trinajstić information content (AvgIpc) is 2.73. The van der Waals surface area contributed by atoms with Crippen molar-refractivity contribution in [2.45, 2.75) is 26.3 Å². The van der Waals surface area contributed by atoms with Crippen molar-refractivity contribution in [3.05, 3.63) is 29.8 Å². The third-order valence-electron chi connectivity index (χ3n) is 3.91. The second-order valence-electron chi connectivity index (χ2n) is 5.62. The Hall–Kier alpha value is -1.88. The van der Waals surface area contributed by atoms with Crippen LogP contribution in [0.3, 0.4) is 0 Å². The van der Waals surface area contributed by atoms with Gasteiger partial charge in [0, 0.05) is 43.5 Å². The lowest BCUT2D eigenvalue weighted by atomic mass is 10.1. The van der Waals surface area contributed by atoms with E-state index in [4.69, 9.17) is 0 Å². The van der Waals surface area contributed by atoms with Crippen LogP contribution in [0.4, 0.5) is 5.69 Å². The van der Waals surface area contributed by atoms with Crippen molar-refractivity contribution in [1.82, 2.24) is 9.80 Å². The number of anilines is 1. The van der Waals surface area contributed by atoms with E-state index in [1.165, 1.54) is 0 Å². The molecule has 1 aliphatic rings. The number of hydrogen-bond donors (Lipinski definition) is 1. The summed E-state index contributed by atoms with van der Waals surface area (Å²) in [6.07, 6.45) is 1.64. The predicted octanol–water partition coefficient (Wildman–Crippen LogP) is 1.81. The quantitative estimate of drug-likeness (QED) is 0.860. The minimum Gasteiger partial charge on any atom is -0.337 e. The van der Waals surface area contributed by atoms with Crippen molar-refractivity contribution >= 4 is 18.0 Å². The number of nitrogens with zero attached hydrogens (tertiary/aromatic N) is 2. The molecular formula is C16H23N3O2. The summed E-state index contributed by atoms with van der Waals surface area (Å²) in [5, 5.41) is 2.57. The zero-order valence-electron chi connectivity index (χ0n) is 12.7. The Morgan fingerprint density at radius 2 is 1.86 bits per heavy atom. The summed E-state index contributed by atoms with van der Waals surface area (Å²) in [6, 6.07) is 7.55. The largest absolute Gasteiger partial charge is 0.337 e. The minimum absolute atomic E-state index is 0.0678. The number of carbonyl (C=O) groups is 2. The van der Waals surface area contributed by atoms with E-state index in [0.29, 0.717) is 23.7 Å². The maximum Gasteiger partial charge on any atom is 0.253 e. The first kappa shape index (κ1) is 15.5. The zero-order valence-corrected chi connectivity index (χ0v) is 12.7. The molecule has 0 aromatic heterocycles. The number of nitrogens with one attached hydrogen (secondary N) is 1. The molecule has 0 atom stereocenters. The van der Waals surface area contributed by atoms with Gasteiger partial charge in [0.1, 0.15) is 0 Å². The van der Waals surface area contributed by atoms with Crippen LogP contribution in [0.2, 0.25) is 0 Å². The van der Waals surface area contributed by atoms with Gasteiger partial charge in [0.15, 0.2) is 0 Å². The molecule has 2 amide bonds. The molecule has 0 spiro atoms. The summed E-state index contributed by atoms with van der Waals surface area (Å²) in [4.78, 5) is 27.2. The lowest BCUT2D eigenvalue weighted by Crippen LogP contribution is -2.37. The third-order valence-corrected chi connectivity index (χ3v) is 3.91. The van der Waals surface area contributed by atoms with Crippen molar-refractivity contribution in [2.24, 2.45) is 0 Å². The Balaban J connectivity index is 2.00. The Morgan fingerprint density at radius 1 is 1.14 bits per heavy atom. The van der Waals surface area contributed by atoms with E-state index >= 15 is 0 Å². The molecule has 0 bridgehead atoms. The fraction of sp³-hybridized carbons (Fsp3) is 0.500. The monoisotopic (exact) mass is 289 g/mol. The van der Waals surface area contributed by atoms with Crippen LogP contribution in [0, 0.1) is 0 Å². The smallest absolute Gasteiger partial charge is 0.253 e. The molecule has 114 valence electrons. The van der Waals surface area contributed by atoms with Crippen molar-refractivity contribution in [2.75, 3.05) is 31.5 Å². The van der Waals surface area contributed by atoms with Crippen LogP contribution in [-0.2, 0) is 4.79 Å². The highest BCUT2D eigenvalue weighted by Gasteiger charge is 2.21. The van der Waals surface area contributed by atoms with Crippen LogP contribution in [0.5, 0.6) is 0 Å². The number of amides is 2. The fourth-order valence-corrected chi connectivity index (χ4v) is 2.62. The van der Waals surface area contributed by atoms with E-state index in [1.807, 2.05) is 4.90 Å². The van der Waals surface area contributed by atoms with Gasteiger partial charge in [0.2, 0.25) is 6.41 Å². The first-order chi connectivity index (χ1) is 10.1. The van der Waals surface area contributed by atoms with Gasteiger partial charge in [-0.15, -0.1) is 0 Å². The van der Waals surface area contributed by atoms with E-state index in [0.717, 1.165) is 32.6 Å². The van der Waals surface area contributed by atoms with Gasteiger partial charge in [0.25, 0.3) is 5.91 Å². The highest BCUT2D eigenvalue weighted by Crippen LogP contribution is 2.13. The normalized spacial score (nSPS) is 16.6. The molecule has 1 aromatic rings. The van der Waals surface area contributed by atoms with Crippen LogP contribution in [0.15, 0.2) is 24.3 Å². The molecule has 0 saturated carbocycles. The van der Waals surface area contributed by atoms with Crippen LogP contribution in [0.25, 0.3) is 0 Å². The second-order valence-corrected chi connectivity index (χ2v) is 5.62. The lowest BCUT2D eigenvalue weighted by Gasteiger charge is -2.25. The predicted molar refractivity (Wildman–Crippen MR) is 83.4 cm³/mol. The molecule has 5 nitrogen and oxygen atoms in total. The van der Waals surface area contributed by atoms with E-state index in [2.05, 4.69) is 24.1 Å². The molecule has 1 heterocycles. The zero-order chi connectivity index (χ0) is 15.2. The standard InChI is InChI=1S/C16H23N3O2/c1-13(2)18-8-3-9-19(11-10-18)16(21)14-4-6-15(7-5-14)17-12-20/h4-7,12-13H,3,8-11H2,1-2H3,(H,17,20). The highest BCUT2D eigenvalue weighted by atomic mass is 16.2. The number of hydrogen-bond acceptors (Lipinski definition) is 3. The minimum atomic E-state index is 0.0678. The summed E-state index contributed by atoms with van der Waals surface area (Å²) in [6.45, 7) is 7.92. The maximum absolute atomic E-state index is 12.5. The second kappa shape index (κ2) is 7.22. The molecule has 0 aliphatic carbocycles. The molecule has 1 N–H and O–H groups in total. The molecule has 0 radical (unpaired) electrons. The molecule has 1 fully saturated rings. The molecule has 2 rings (SSSR count).